The highest BCUT2D eigenvalue weighted by atomic mass is 16.5. The summed E-state index contributed by atoms with van der Waals surface area (Å²) in [5.74, 6) is 3.09. The second-order valence-electron chi connectivity index (χ2n) is 7.29. The van der Waals surface area contributed by atoms with Crippen LogP contribution in [0.2, 0.25) is 0 Å². The molecule has 3 rings (SSSR count). The van der Waals surface area contributed by atoms with Crippen molar-refractivity contribution in [2.45, 2.75) is 33.3 Å². The molecule has 2 aromatic rings. The second kappa shape index (κ2) is 8.62. The number of aliphatic hydroxyl groups excluding tert-OH is 1. The third kappa shape index (κ3) is 4.10. The van der Waals surface area contributed by atoms with Crippen LogP contribution in [-0.4, -0.2) is 26.4 Å². The van der Waals surface area contributed by atoms with Crippen molar-refractivity contribution in [2.75, 3.05) is 21.3 Å². The zero-order valence-electron chi connectivity index (χ0n) is 17.8. The largest absolute Gasteiger partial charge is 0.497 e. The smallest absolute Gasteiger partial charge is 0.140 e. The molecule has 0 aromatic heterocycles. The quantitative estimate of drug-likeness (QED) is 0.679. The number of ether oxygens (including phenoxy) is 4. The zero-order valence-corrected chi connectivity index (χ0v) is 17.8. The number of aryl methyl sites for hydroxylation is 1. The third-order valence-electron chi connectivity index (χ3n) is 4.96. The minimum absolute atomic E-state index is 0.546. The predicted molar refractivity (Wildman–Crippen MR) is 114 cm³/mol. The van der Waals surface area contributed by atoms with Crippen molar-refractivity contribution in [3.8, 4) is 23.0 Å². The topological polar surface area (TPSA) is 57.2 Å². The maximum atomic E-state index is 11.3. The van der Waals surface area contributed by atoms with Gasteiger partial charge in [0.25, 0.3) is 0 Å². The SMILES string of the molecule is COc1ccc(C2=C(CC=C(C)C)C(O)c3c(OC)cc(C)cc3O2)c(OC)c1. The summed E-state index contributed by atoms with van der Waals surface area (Å²) in [6.45, 7) is 6.03. The van der Waals surface area contributed by atoms with Crippen LogP contribution in [0.3, 0.4) is 0 Å². The fraction of sp³-hybridized carbons (Fsp3) is 0.333. The maximum Gasteiger partial charge on any atom is 0.140 e. The lowest BCUT2D eigenvalue weighted by Crippen LogP contribution is -2.17. The molecule has 0 radical (unpaired) electrons. The Morgan fingerprint density at radius 1 is 1.03 bits per heavy atom. The van der Waals surface area contributed by atoms with Crippen molar-refractivity contribution >= 4 is 5.76 Å². The van der Waals surface area contributed by atoms with Gasteiger partial charge in [-0.2, -0.15) is 0 Å². The van der Waals surface area contributed by atoms with Crippen molar-refractivity contribution in [1.29, 1.82) is 0 Å². The number of allylic oxidation sites excluding steroid dienone is 2. The molecule has 0 saturated heterocycles. The van der Waals surface area contributed by atoms with Gasteiger partial charge in [0.05, 0.1) is 32.5 Å². The molecule has 1 aliphatic rings. The van der Waals surface area contributed by atoms with E-state index in [9.17, 15) is 5.11 Å². The van der Waals surface area contributed by atoms with Crippen molar-refractivity contribution in [1.82, 2.24) is 0 Å². The van der Waals surface area contributed by atoms with Crippen LogP contribution in [0.4, 0.5) is 0 Å². The second-order valence-corrected chi connectivity index (χ2v) is 7.29. The molecule has 1 unspecified atom stereocenters. The molecule has 5 nitrogen and oxygen atoms in total. The summed E-state index contributed by atoms with van der Waals surface area (Å²) in [5, 5.41) is 11.3. The summed E-state index contributed by atoms with van der Waals surface area (Å²) >= 11 is 0. The normalized spacial score (nSPS) is 15.3. The van der Waals surface area contributed by atoms with E-state index >= 15 is 0 Å². The number of methoxy groups -OCH3 is 3. The molecule has 1 heterocycles. The number of hydrogen-bond donors (Lipinski definition) is 1. The van der Waals surface area contributed by atoms with Crippen molar-refractivity contribution in [3.05, 3.63) is 64.2 Å². The van der Waals surface area contributed by atoms with E-state index < -0.39 is 6.10 Å². The van der Waals surface area contributed by atoms with Gasteiger partial charge in [0.1, 0.15) is 34.9 Å². The lowest BCUT2D eigenvalue weighted by Gasteiger charge is -2.30. The number of aliphatic hydroxyl groups is 1. The van der Waals surface area contributed by atoms with E-state index in [1.54, 1.807) is 21.3 Å². The van der Waals surface area contributed by atoms with Crippen LogP contribution < -0.4 is 18.9 Å². The van der Waals surface area contributed by atoms with Crippen LogP contribution in [0.25, 0.3) is 5.76 Å². The van der Waals surface area contributed by atoms with Crippen molar-refractivity contribution in [3.63, 3.8) is 0 Å². The van der Waals surface area contributed by atoms with E-state index in [4.69, 9.17) is 18.9 Å². The molecule has 1 aliphatic heterocycles. The molecule has 2 aromatic carbocycles. The van der Waals surface area contributed by atoms with Gasteiger partial charge in [0, 0.05) is 11.6 Å². The lowest BCUT2D eigenvalue weighted by atomic mass is 9.90. The Balaban J connectivity index is 2.23. The summed E-state index contributed by atoms with van der Waals surface area (Å²) in [6, 6.07) is 9.37. The number of benzene rings is 2. The predicted octanol–water partition coefficient (Wildman–Crippen LogP) is 5.21. The molecular formula is C24H28O5. The molecule has 1 atom stereocenters. The van der Waals surface area contributed by atoms with E-state index in [1.807, 2.05) is 51.1 Å². The Bertz CT molecular complexity index is 967. The zero-order chi connectivity index (χ0) is 21.1. The first kappa shape index (κ1) is 20.8. The van der Waals surface area contributed by atoms with Gasteiger partial charge in [-0.25, -0.2) is 0 Å². The standard InChI is InChI=1S/C24H28O5/c1-14(2)7-9-18-23(25)22-20(28-6)11-15(3)12-21(22)29-24(18)17-10-8-16(26-4)13-19(17)27-5/h7-8,10-13,23,25H,9H2,1-6H3. The number of fused-ring (bicyclic) bond motifs is 1. The van der Waals surface area contributed by atoms with Crippen LogP contribution in [-0.2, 0) is 0 Å². The molecule has 0 saturated carbocycles. The number of rotatable bonds is 6. The van der Waals surface area contributed by atoms with Gasteiger partial charge >= 0.3 is 0 Å². The van der Waals surface area contributed by atoms with Crippen LogP contribution in [0, 0.1) is 6.92 Å². The Hall–Kier alpha value is -2.92. The highest BCUT2D eigenvalue weighted by molar-refractivity contribution is 5.75. The van der Waals surface area contributed by atoms with Gasteiger partial charge < -0.3 is 24.1 Å². The van der Waals surface area contributed by atoms with Crippen molar-refractivity contribution < 1.29 is 24.1 Å². The molecule has 1 N–H and O–H groups in total. The van der Waals surface area contributed by atoms with Crippen LogP contribution >= 0.6 is 0 Å². The molecule has 154 valence electrons. The fourth-order valence-electron chi connectivity index (χ4n) is 3.46. The first-order valence-corrected chi connectivity index (χ1v) is 9.52. The molecule has 0 spiro atoms. The summed E-state index contributed by atoms with van der Waals surface area (Å²) in [7, 11) is 4.82. The molecule has 0 bridgehead atoms. The highest BCUT2D eigenvalue weighted by Crippen LogP contribution is 2.48. The monoisotopic (exact) mass is 396 g/mol. The Morgan fingerprint density at radius 3 is 2.38 bits per heavy atom. The Morgan fingerprint density at radius 2 is 1.76 bits per heavy atom. The number of hydrogen-bond acceptors (Lipinski definition) is 5. The van der Waals surface area contributed by atoms with E-state index in [2.05, 4.69) is 6.08 Å². The Kier molecular flexibility index (Phi) is 6.18. The minimum Gasteiger partial charge on any atom is -0.497 e. The average Bonchev–Trinajstić information content (AvgIpc) is 2.71. The first-order valence-electron chi connectivity index (χ1n) is 9.52. The van der Waals surface area contributed by atoms with Gasteiger partial charge in [0.2, 0.25) is 0 Å². The molecule has 0 fully saturated rings. The van der Waals surface area contributed by atoms with Crippen LogP contribution in [0.5, 0.6) is 23.0 Å². The minimum atomic E-state index is -0.855. The van der Waals surface area contributed by atoms with Gasteiger partial charge in [-0.3, -0.25) is 0 Å². The van der Waals surface area contributed by atoms with Gasteiger partial charge in [0.15, 0.2) is 0 Å². The molecule has 5 heteroatoms. The van der Waals surface area contributed by atoms with E-state index in [0.717, 1.165) is 22.3 Å². The summed E-state index contributed by atoms with van der Waals surface area (Å²) in [5.41, 5.74) is 4.31. The van der Waals surface area contributed by atoms with Gasteiger partial charge in [-0.05, 0) is 57.0 Å². The lowest BCUT2D eigenvalue weighted by molar-refractivity contribution is 0.195. The van der Waals surface area contributed by atoms with Gasteiger partial charge in [-0.1, -0.05) is 11.6 Å². The maximum absolute atomic E-state index is 11.3. The van der Waals surface area contributed by atoms with Crippen LogP contribution in [0.15, 0.2) is 47.6 Å². The average molecular weight is 396 g/mol. The summed E-state index contributed by atoms with van der Waals surface area (Å²) < 4.78 is 22.8. The molecular weight excluding hydrogens is 368 g/mol. The van der Waals surface area contributed by atoms with Gasteiger partial charge in [-0.15, -0.1) is 0 Å². The van der Waals surface area contributed by atoms with E-state index in [-0.39, 0.29) is 0 Å². The van der Waals surface area contributed by atoms with Crippen LogP contribution in [0.1, 0.15) is 43.1 Å². The summed E-state index contributed by atoms with van der Waals surface area (Å²) in [4.78, 5) is 0. The third-order valence-corrected chi connectivity index (χ3v) is 4.96. The van der Waals surface area contributed by atoms with E-state index in [0.29, 0.717) is 40.7 Å². The van der Waals surface area contributed by atoms with E-state index in [1.165, 1.54) is 0 Å². The molecule has 0 amide bonds. The summed E-state index contributed by atoms with van der Waals surface area (Å²) in [6.07, 6.45) is 1.76. The van der Waals surface area contributed by atoms with Crippen molar-refractivity contribution in [2.24, 2.45) is 0 Å². The molecule has 0 aliphatic carbocycles. The molecule has 29 heavy (non-hydrogen) atoms. The Labute approximate surface area is 172 Å². The highest BCUT2D eigenvalue weighted by Gasteiger charge is 2.32. The fourth-order valence-corrected chi connectivity index (χ4v) is 3.46. The first-order chi connectivity index (χ1) is 13.9.